The summed E-state index contributed by atoms with van der Waals surface area (Å²) in [6.07, 6.45) is 2.82. The number of carbonyl (C=O) groups is 1. The highest BCUT2D eigenvalue weighted by Crippen LogP contribution is 2.33. The predicted octanol–water partition coefficient (Wildman–Crippen LogP) is 3.00. The molecule has 2 heterocycles. The van der Waals surface area contributed by atoms with E-state index in [-0.39, 0.29) is 24.1 Å². The van der Waals surface area contributed by atoms with Gasteiger partial charge in [0.2, 0.25) is 5.91 Å². The van der Waals surface area contributed by atoms with E-state index in [1.807, 2.05) is 0 Å². The zero-order chi connectivity index (χ0) is 15.5. The molecule has 23 heavy (non-hydrogen) atoms. The molecule has 1 aromatic carbocycles. The topological polar surface area (TPSA) is 41.6 Å². The van der Waals surface area contributed by atoms with Gasteiger partial charge in [-0.3, -0.25) is 4.79 Å². The molecule has 2 aliphatic rings. The van der Waals surface area contributed by atoms with Crippen LogP contribution >= 0.6 is 12.4 Å². The van der Waals surface area contributed by atoms with Crippen molar-refractivity contribution in [1.82, 2.24) is 5.32 Å². The van der Waals surface area contributed by atoms with Crippen LogP contribution in [0.4, 0.5) is 10.1 Å². The number of anilines is 1. The lowest BCUT2D eigenvalue weighted by molar-refractivity contribution is -0.120. The summed E-state index contributed by atoms with van der Waals surface area (Å²) in [5.41, 5.74) is 0.690. The second kappa shape index (κ2) is 7.97. The Bertz CT molecular complexity index is 549. The second-order valence-corrected chi connectivity index (χ2v) is 6.27. The highest BCUT2D eigenvalue weighted by molar-refractivity contribution is 5.95. The molecule has 3 rings (SSSR count). The van der Waals surface area contributed by atoms with E-state index in [9.17, 15) is 9.18 Å². The number of halogens is 2. The second-order valence-electron chi connectivity index (χ2n) is 6.27. The molecule has 1 unspecified atom stereocenters. The Balaban J connectivity index is 0.00000192. The van der Waals surface area contributed by atoms with Crippen LogP contribution in [-0.2, 0) is 4.79 Å². The first kappa shape index (κ1) is 18.0. The summed E-state index contributed by atoms with van der Waals surface area (Å²) in [5.74, 6) is 1.23. The number of ether oxygens (including phenoxy) is 1. The third kappa shape index (κ3) is 4.15. The van der Waals surface area contributed by atoms with Crippen molar-refractivity contribution in [2.45, 2.75) is 26.2 Å². The molecule has 2 aliphatic heterocycles. The zero-order valence-electron chi connectivity index (χ0n) is 13.4. The van der Waals surface area contributed by atoms with Crippen LogP contribution < -0.4 is 15.0 Å². The highest BCUT2D eigenvalue weighted by Gasteiger charge is 2.28. The maximum Gasteiger partial charge on any atom is 0.227 e. The largest absolute Gasteiger partial charge is 0.489 e. The van der Waals surface area contributed by atoms with Crippen LogP contribution in [0.3, 0.4) is 0 Å². The van der Waals surface area contributed by atoms with E-state index >= 15 is 0 Å². The van der Waals surface area contributed by atoms with Crippen molar-refractivity contribution in [3.63, 3.8) is 0 Å². The summed E-state index contributed by atoms with van der Waals surface area (Å²) in [5, 5.41) is 3.36. The van der Waals surface area contributed by atoms with Crippen molar-refractivity contribution in [2.75, 3.05) is 31.1 Å². The third-order valence-electron chi connectivity index (χ3n) is 4.77. The minimum absolute atomic E-state index is 0. The third-order valence-corrected chi connectivity index (χ3v) is 4.77. The van der Waals surface area contributed by atoms with E-state index < -0.39 is 0 Å². The fourth-order valence-corrected chi connectivity index (χ4v) is 3.42. The molecular weight excluding hydrogens is 319 g/mol. The summed E-state index contributed by atoms with van der Waals surface area (Å²) in [4.78, 5) is 14.4. The average Bonchev–Trinajstić information content (AvgIpc) is 2.54. The van der Waals surface area contributed by atoms with E-state index in [2.05, 4.69) is 12.2 Å². The van der Waals surface area contributed by atoms with Gasteiger partial charge in [-0.25, -0.2) is 4.39 Å². The summed E-state index contributed by atoms with van der Waals surface area (Å²) >= 11 is 0. The number of hydrogen-bond acceptors (Lipinski definition) is 3. The lowest BCUT2D eigenvalue weighted by Crippen LogP contribution is -2.40. The Labute approximate surface area is 142 Å². The van der Waals surface area contributed by atoms with E-state index in [1.54, 1.807) is 11.0 Å². The summed E-state index contributed by atoms with van der Waals surface area (Å²) < 4.78 is 18.8. The van der Waals surface area contributed by atoms with E-state index in [1.165, 1.54) is 12.1 Å². The molecule has 1 amide bonds. The highest BCUT2D eigenvalue weighted by atomic mass is 35.5. The molecule has 0 saturated carbocycles. The van der Waals surface area contributed by atoms with Crippen LogP contribution in [0.5, 0.6) is 5.75 Å². The number of piperidine rings is 1. The molecule has 128 valence electrons. The minimum atomic E-state index is -0.337. The quantitative estimate of drug-likeness (QED) is 0.918. The Morgan fingerprint density at radius 1 is 1.43 bits per heavy atom. The summed E-state index contributed by atoms with van der Waals surface area (Å²) in [7, 11) is 0. The van der Waals surface area contributed by atoms with Gasteiger partial charge >= 0.3 is 0 Å². The van der Waals surface area contributed by atoms with Gasteiger partial charge in [0.15, 0.2) is 0 Å². The molecule has 0 spiro atoms. The van der Waals surface area contributed by atoms with Crippen LogP contribution in [0.1, 0.15) is 26.2 Å². The Morgan fingerprint density at radius 2 is 2.17 bits per heavy atom. The van der Waals surface area contributed by atoms with Crippen molar-refractivity contribution < 1.29 is 13.9 Å². The van der Waals surface area contributed by atoms with Crippen LogP contribution in [0.15, 0.2) is 18.2 Å². The van der Waals surface area contributed by atoms with Gasteiger partial charge in [0.25, 0.3) is 0 Å². The van der Waals surface area contributed by atoms with Gasteiger partial charge in [-0.1, -0.05) is 6.92 Å². The molecule has 6 heteroatoms. The van der Waals surface area contributed by atoms with Gasteiger partial charge in [0.05, 0.1) is 12.2 Å². The number of nitrogens with one attached hydrogen (secondary N) is 1. The molecule has 1 fully saturated rings. The van der Waals surface area contributed by atoms with Gasteiger partial charge in [-0.15, -0.1) is 12.4 Å². The maximum absolute atomic E-state index is 13.3. The lowest BCUT2D eigenvalue weighted by Gasteiger charge is -2.32. The average molecular weight is 343 g/mol. The van der Waals surface area contributed by atoms with Crippen molar-refractivity contribution in [3.05, 3.63) is 24.0 Å². The lowest BCUT2D eigenvalue weighted by atomic mass is 9.84. The van der Waals surface area contributed by atoms with E-state index in [0.717, 1.165) is 25.9 Å². The van der Waals surface area contributed by atoms with Crippen LogP contribution in [-0.4, -0.2) is 32.1 Å². The predicted molar refractivity (Wildman–Crippen MR) is 90.9 cm³/mol. The monoisotopic (exact) mass is 342 g/mol. The molecule has 1 N–H and O–H groups in total. The summed E-state index contributed by atoms with van der Waals surface area (Å²) in [6, 6.07) is 4.37. The van der Waals surface area contributed by atoms with Gasteiger partial charge in [0.1, 0.15) is 18.2 Å². The Morgan fingerprint density at radius 3 is 2.91 bits per heavy atom. The molecule has 1 aromatic rings. The molecule has 1 saturated heterocycles. The number of carbonyl (C=O) groups excluding carboxylic acids is 1. The van der Waals surface area contributed by atoms with E-state index in [4.69, 9.17) is 4.74 Å². The standard InChI is InChI=1S/C17H23FN2O2.ClH/c1-12(13-4-6-19-7-5-13)10-17(21)20-8-9-22-16-11-14(18)2-3-15(16)20;/h2-3,11-13,19H,4-10H2,1H3;1H. The smallest absolute Gasteiger partial charge is 0.227 e. The van der Waals surface area contributed by atoms with E-state index in [0.29, 0.717) is 42.8 Å². The van der Waals surface area contributed by atoms with Crippen LogP contribution in [0.25, 0.3) is 0 Å². The van der Waals surface area contributed by atoms with Gasteiger partial charge in [-0.2, -0.15) is 0 Å². The first-order valence-electron chi connectivity index (χ1n) is 8.08. The van der Waals surface area contributed by atoms with Crippen LogP contribution in [0.2, 0.25) is 0 Å². The Kier molecular flexibility index (Phi) is 6.25. The number of hydrogen-bond donors (Lipinski definition) is 1. The maximum atomic E-state index is 13.3. The number of nitrogens with zero attached hydrogens (tertiary/aromatic N) is 1. The van der Waals surface area contributed by atoms with Gasteiger partial charge < -0.3 is 15.0 Å². The summed E-state index contributed by atoms with van der Waals surface area (Å²) in [6.45, 7) is 5.21. The molecule has 0 bridgehead atoms. The first-order valence-corrected chi connectivity index (χ1v) is 8.08. The molecule has 1 atom stereocenters. The van der Waals surface area contributed by atoms with Gasteiger partial charge in [-0.05, 0) is 49.9 Å². The molecule has 4 nitrogen and oxygen atoms in total. The number of benzene rings is 1. The molecular formula is C17H24ClFN2O2. The van der Waals surface area contributed by atoms with Crippen molar-refractivity contribution in [1.29, 1.82) is 0 Å². The molecule has 0 aromatic heterocycles. The number of amides is 1. The van der Waals surface area contributed by atoms with Crippen molar-refractivity contribution >= 4 is 24.0 Å². The van der Waals surface area contributed by atoms with Gasteiger partial charge in [0, 0.05) is 12.5 Å². The molecule has 0 radical (unpaired) electrons. The first-order chi connectivity index (χ1) is 10.6. The number of rotatable bonds is 3. The van der Waals surface area contributed by atoms with Crippen LogP contribution in [0, 0.1) is 17.7 Å². The number of fused-ring (bicyclic) bond motifs is 1. The fraction of sp³-hybridized carbons (Fsp3) is 0.588. The van der Waals surface area contributed by atoms with Crippen molar-refractivity contribution in [2.24, 2.45) is 11.8 Å². The zero-order valence-corrected chi connectivity index (χ0v) is 14.2. The Hall–Kier alpha value is -1.33. The normalized spacial score (nSPS) is 19.3. The van der Waals surface area contributed by atoms with Crippen molar-refractivity contribution in [3.8, 4) is 5.75 Å². The fourth-order valence-electron chi connectivity index (χ4n) is 3.42. The molecule has 0 aliphatic carbocycles. The minimum Gasteiger partial charge on any atom is -0.489 e. The SMILES string of the molecule is CC(CC(=O)N1CCOc2cc(F)ccc21)C1CCNCC1.Cl.